The van der Waals surface area contributed by atoms with Crippen LogP contribution in [0.3, 0.4) is 0 Å². The third-order valence-electron chi connectivity index (χ3n) is 3.40. The van der Waals surface area contributed by atoms with Gasteiger partial charge in [-0.05, 0) is 24.1 Å². The highest BCUT2D eigenvalue weighted by atomic mass is 35.5. The molecule has 0 unspecified atom stereocenters. The molecule has 0 aliphatic carbocycles. The second kappa shape index (κ2) is 13.9. The van der Waals surface area contributed by atoms with Crippen molar-refractivity contribution in [3.05, 3.63) is 34.9 Å². The van der Waals surface area contributed by atoms with E-state index in [2.05, 4.69) is 22.2 Å². The average molecular weight is 374 g/mol. The van der Waals surface area contributed by atoms with Gasteiger partial charge in [0.2, 0.25) is 0 Å². The lowest BCUT2D eigenvalue weighted by molar-refractivity contribution is 0.612. The third kappa shape index (κ3) is 11.1. The molecule has 1 aromatic carbocycles. The van der Waals surface area contributed by atoms with Gasteiger partial charge in [-0.1, -0.05) is 62.8 Å². The Balaban J connectivity index is 0.00000529. The molecule has 136 valence electrons. The van der Waals surface area contributed by atoms with Crippen LogP contribution in [0, 0.1) is 0 Å². The van der Waals surface area contributed by atoms with Gasteiger partial charge in [-0.2, -0.15) is 0 Å². The van der Waals surface area contributed by atoms with Crippen LogP contribution in [0.15, 0.2) is 34.3 Å². The van der Waals surface area contributed by atoms with E-state index >= 15 is 0 Å². The molecule has 0 fully saturated rings. The summed E-state index contributed by atoms with van der Waals surface area (Å²) in [5.74, 6) is 0.583. The van der Waals surface area contributed by atoms with Crippen molar-refractivity contribution < 1.29 is 0 Å². The maximum absolute atomic E-state index is 5.83. The summed E-state index contributed by atoms with van der Waals surface area (Å²) < 4.78 is 0. The van der Waals surface area contributed by atoms with E-state index in [-0.39, 0.29) is 18.4 Å². The molecule has 7 heteroatoms. The second-order valence-electron chi connectivity index (χ2n) is 5.49. The highest BCUT2D eigenvalue weighted by Gasteiger charge is 1.97. The van der Waals surface area contributed by atoms with E-state index in [1.807, 2.05) is 24.3 Å². The van der Waals surface area contributed by atoms with Gasteiger partial charge in [0, 0.05) is 11.6 Å². The molecule has 0 aliphatic heterocycles. The fraction of sp³-hybridized carbons (Fsp3) is 0.529. The van der Waals surface area contributed by atoms with Crippen molar-refractivity contribution in [3.8, 4) is 0 Å². The van der Waals surface area contributed by atoms with E-state index in [4.69, 9.17) is 23.1 Å². The average Bonchev–Trinajstić information content (AvgIpc) is 2.53. The lowest BCUT2D eigenvalue weighted by Crippen LogP contribution is -2.41. The Kier molecular flexibility index (Phi) is 13.1. The largest absolute Gasteiger partial charge is 0.370 e. The number of hydrogen-bond donors (Lipinski definition) is 3. The van der Waals surface area contributed by atoms with Crippen LogP contribution in [0.1, 0.15) is 51.0 Å². The van der Waals surface area contributed by atoms with Crippen molar-refractivity contribution in [3.63, 3.8) is 0 Å². The number of hydrogen-bond acceptors (Lipinski definition) is 2. The van der Waals surface area contributed by atoms with Crippen LogP contribution >= 0.6 is 24.0 Å². The quantitative estimate of drug-likeness (QED) is 0.349. The number of rotatable bonds is 9. The number of unbranched alkanes of at least 4 members (excludes halogenated alkanes) is 5. The van der Waals surface area contributed by atoms with Crippen LogP contribution in [0.25, 0.3) is 0 Å². The van der Waals surface area contributed by atoms with Gasteiger partial charge in [0.1, 0.15) is 0 Å². The molecule has 0 aliphatic rings. The number of nitrogens with zero attached hydrogens (tertiary/aromatic N) is 2. The molecule has 0 amide bonds. The lowest BCUT2D eigenvalue weighted by Gasteiger charge is -2.05. The van der Waals surface area contributed by atoms with E-state index in [1.54, 1.807) is 0 Å². The first-order valence-corrected chi connectivity index (χ1v) is 8.61. The van der Waals surface area contributed by atoms with Gasteiger partial charge in [0.15, 0.2) is 11.9 Å². The second-order valence-corrected chi connectivity index (χ2v) is 5.92. The van der Waals surface area contributed by atoms with Gasteiger partial charge in [0.05, 0.1) is 6.54 Å². The van der Waals surface area contributed by atoms with Crippen LogP contribution in [0.4, 0.5) is 0 Å². The molecule has 0 bridgehead atoms. The van der Waals surface area contributed by atoms with Crippen molar-refractivity contribution in [2.45, 2.75) is 52.0 Å². The summed E-state index contributed by atoms with van der Waals surface area (Å²) in [4.78, 5) is 8.48. The predicted octanol–water partition coefficient (Wildman–Crippen LogP) is 3.84. The summed E-state index contributed by atoms with van der Waals surface area (Å²) >= 11 is 5.83. The molecule has 0 saturated carbocycles. The molecule has 5 nitrogen and oxygen atoms in total. The SMILES string of the molecule is CCCCCCCCN=C(N)NC(N)=NCc1ccc(Cl)cc1.Cl. The summed E-state index contributed by atoms with van der Waals surface area (Å²) in [6, 6.07) is 7.48. The molecule has 0 atom stereocenters. The number of halogens is 2. The van der Waals surface area contributed by atoms with Crippen LogP contribution in [0.5, 0.6) is 0 Å². The Labute approximate surface area is 156 Å². The summed E-state index contributed by atoms with van der Waals surface area (Å²) in [6.45, 7) is 3.41. The number of benzene rings is 1. The molecule has 5 N–H and O–H groups in total. The van der Waals surface area contributed by atoms with E-state index in [1.165, 1.54) is 32.1 Å². The van der Waals surface area contributed by atoms with Gasteiger partial charge < -0.3 is 11.5 Å². The minimum atomic E-state index is 0. The molecule has 0 saturated heterocycles. The summed E-state index contributed by atoms with van der Waals surface area (Å²) in [5.41, 5.74) is 12.6. The van der Waals surface area contributed by atoms with Crippen molar-refractivity contribution in [2.75, 3.05) is 6.54 Å². The minimum Gasteiger partial charge on any atom is -0.370 e. The highest BCUT2D eigenvalue weighted by Crippen LogP contribution is 2.10. The molecule has 0 spiro atoms. The third-order valence-corrected chi connectivity index (χ3v) is 3.65. The Morgan fingerprint density at radius 3 is 2.21 bits per heavy atom. The zero-order valence-corrected chi connectivity index (χ0v) is 15.9. The van der Waals surface area contributed by atoms with Gasteiger partial charge in [-0.15, -0.1) is 12.4 Å². The number of nitrogens with one attached hydrogen (secondary N) is 1. The van der Waals surface area contributed by atoms with E-state index in [9.17, 15) is 0 Å². The Morgan fingerprint density at radius 2 is 1.54 bits per heavy atom. The standard InChI is InChI=1S/C17H28ClN5.ClH/c1-2-3-4-5-6-7-12-21-16(19)23-17(20)22-13-14-8-10-15(18)11-9-14;/h8-11H,2-7,12-13H2,1H3,(H5,19,20,21,22,23);1H. The smallest absolute Gasteiger partial charge is 0.195 e. The van der Waals surface area contributed by atoms with Crippen LogP contribution < -0.4 is 16.8 Å². The maximum atomic E-state index is 5.83. The van der Waals surface area contributed by atoms with E-state index in [0.29, 0.717) is 17.5 Å². The van der Waals surface area contributed by atoms with Crippen molar-refractivity contribution in [1.29, 1.82) is 0 Å². The van der Waals surface area contributed by atoms with Crippen LogP contribution in [-0.2, 0) is 6.54 Å². The summed E-state index contributed by atoms with van der Waals surface area (Å²) in [7, 11) is 0. The van der Waals surface area contributed by atoms with E-state index in [0.717, 1.165) is 18.5 Å². The Bertz CT molecular complexity index is 500. The zero-order chi connectivity index (χ0) is 16.9. The highest BCUT2D eigenvalue weighted by molar-refractivity contribution is 6.30. The van der Waals surface area contributed by atoms with Crippen LogP contribution in [-0.4, -0.2) is 18.5 Å². The van der Waals surface area contributed by atoms with Crippen molar-refractivity contribution in [2.24, 2.45) is 21.5 Å². The number of guanidine groups is 2. The molecular weight excluding hydrogens is 345 g/mol. The van der Waals surface area contributed by atoms with Gasteiger partial charge in [-0.3, -0.25) is 10.3 Å². The van der Waals surface area contributed by atoms with E-state index < -0.39 is 0 Å². The van der Waals surface area contributed by atoms with Gasteiger partial charge in [0.25, 0.3) is 0 Å². The molecule has 0 heterocycles. The molecule has 1 rings (SSSR count). The first kappa shape index (κ1) is 22.5. The predicted molar refractivity (Wildman–Crippen MR) is 107 cm³/mol. The van der Waals surface area contributed by atoms with Crippen molar-refractivity contribution >= 4 is 35.9 Å². The van der Waals surface area contributed by atoms with Crippen molar-refractivity contribution in [1.82, 2.24) is 5.32 Å². The topological polar surface area (TPSA) is 88.8 Å². The van der Waals surface area contributed by atoms with Crippen LogP contribution in [0.2, 0.25) is 5.02 Å². The number of aliphatic imine (C=N–C) groups is 2. The monoisotopic (exact) mass is 373 g/mol. The molecule has 1 aromatic rings. The molecule has 0 aromatic heterocycles. The zero-order valence-electron chi connectivity index (χ0n) is 14.3. The summed E-state index contributed by atoms with van der Waals surface area (Å²) in [6.07, 6.45) is 7.39. The Morgan fingerprint density at radius 1 is 0.958 bits per heavy atom. The fourth-order valence-electron chi connectivity index (χ4n) is 2.07. The minimum absolute atomic E-state index is 0. The Hall–Kier alpha value is -1.46. The number of nitrogens with two attached hydrogens (primary N) is 2. The molecule has 24 heavy (non-hydrogen) atoms. The van der Waals surface area contributed by atoms with Gasteiger partial charge in [-0.25, -0.2) is 4.99 Å². The summed E-state index contributed by atoms with van der Waals surface area (Å²) in [5, 5.41) is 3.51. The maximum Gasteiger partial charge on any atom is 0.195 e. The lowest BCUT2D eigenvalue weighted by atomic mass is 10.1. The first-order valence-electron chi connectivity index (χ1n) is 8.23. The molecular formula is C17H29Cl2N5. The first-order chi connectivity index (χ1) is 11.1. The molecule has 0 radical (unpaired) electrons. The fourth-order valence-corrected chi connectivity index (χ4v) is 2.19. The normalized spacial score (nSPS) is 11.9. The van der Waals surface area contributed by atoms with Gasteiger partial charge >= 0.3 is 0 Å².